The maximum atomic E-state index is 12.6. The Labute approximate surface area is 192 Å². The number of carbonyl (C=O) groups is 1. The summed E-state index contributed by atoms with van der Waals surface area (Å²) in [7, 11) is -3.10. The largest absolute Gasteiger partial charge is 0.341 e. The first-order valence-electron chi connectivity index (χ1n) is 10.00. The Morgan fingerprint density at radius 1 is 1.16 bits per heavy atom. The first kappa shape index (κ1) is 22.2. The van der Waals surface area contributed by atoms with Crippen LogP contribution in [0.5, 0.6) is 0 Å². The number of hydrogen-bond acceptors (Lipinski definition) is 6. The van der Waals surface area contributed by atoms with Crippen LogP contribution in [0.25, 0.3) is 0 Å². The molecule has 2 atom stereocenters. The third kappa shape index (κ3) is 5.07. The number of aryl methyl sites for hydroxylation is 2. The van der Waals surface area contributed by atoms with Crippen molar-refractivity contribution in [2.45, 2.75) is 32.5 Å². The van der Waals surface area contributed by atoms with Gasteiger partial charge in [0.15, 0.2) is 15.0 Å². The Balaban J connectivity index is 1.47. The lowest BCUT2D eigenvalue weighted by atomic mass is 10.1. The van der Waals surface area contributed by atoms with E-state index in [4.69, 9.17) is 11.6 Å². The summed E-state index contributed by atoms with van der Waals surface area (Å²) in [5, 5.41) is 4.36. The molecule has 0 aromatic heterocycles. The van der Waals surface area contributed by atoms with Crippen molar-refractivity contribution in [3.8, 4) is 0 Å². The van der Waals surface area contributed by atoms with Gasteiger partial charge in [-0.05, 0) is 42.7 Å². The molecular formula is C22H24ClN3O3S2. The average molecular weight is 478 g/mol. The first-order valence-corrected chi connectivity index (χ1v) is 13.2. The number of para-hydroxylation sites is 1. The molecule has 1 N–H and O–H groups in total. The highest BCUT2D eigenvalue weighted by Gasteiger charge is 2.46. The number of fused-ring (bicyclic) bond motifs is 1. The standard InChI is InChI=1S/C22H24ClN3O3S2/c1-14-4-3-5-15(2)21(14)25-20(27)11-30-22-24-18-12-31(28,29)13-19(18)26(22)10-16-6-8-17(23)9-7-16/h3-9,18-19H,10-13H2,1-2H3,(H,25,27)/t18-,19-/m1/s1. The van der Waals surface area contributed by atoms with Crippen LogP contribution in [0.3, 0.4) is 0 Å². The Morgan fingerprint density at radius 3 is 2.52 bits per heavy atom. The van der Waals surface area contributed by atoms with E-state index in [2.05, 4.69) is 10.3 Å². The Bertz CT molecular complexity index is 1110. The fourth-order valence-corrected chi connectivity index (χ4v) is 6.91. The van der Waals surface area contributed by atoms with Crippen LogP contribution in [-0.4, -0.2) is 53.7 Å². The third-order valence-corrected chi connectivity index (χ3v) is 8.52. The number of halogens is 1. The van der Waals surface area contributed by atoms with E-state index in [0.29, 0.717) is 11.6 Å². The Kier molecular flexibility index (Phi) is 6.32. The predicted octanol–water partition coefficient (Wildman–Crippen LogP) is 3.67. The summed E-state index contributed by atoms with van der Waals surface area (Å²) in [5.74, 6) is 0.248. The summed E-state index contributed by atoms with van der Waals surface area (Å²) in [6, 6.07) is 12.9. The Hall–Kier alpha value is -2.03. The molecule has 0 unspecified atom stereocenters. The minimum Gasteiger partial charge on any atom is -0.341 e. The zero-order valence-electron chi connectivity index (χ0n) is 17.3. The zero-order valence-corrected chi connectivity index (χ0v) is 19.7. The van der Waals surface area contributed by atoms with Crippen molar-refractivity contribution >= 4 is 50.0 Å². The van der Waals surface area contributed by atoms with Gasteiger partial charge in [0.25, 0.3) is 0 Å². The van der Waals surface area contributed by atoms with Crippen molar-refractivity contribution in [1.29, 1.82) is 0 Å². The molecule has 0 radical (unpaired) electrons. The molecule has 164 valence electrons. The van der Waals surface area contributed by atoms with E-state index in [1.165, 1.54) is 11.8 Å². The second-order valence-corrected chi connectivity index (χ2v) is 11.5. The quantitative estimate of drug-likeness (QED) is 0.710. The molecular weight excluding hydrogens is 454 g/mol. The van der Waals surface area contributed by atoms with Gasteiger partial charge in [0.2, 0.25) is 5.91 Å². The van der Waals surface area contributed by atoms with E-state index in [-0.39, 0.29) is 35.2 Å². The number of amides is 1. The van der Waals surface area contributed by atoms with Crippen molar-refractivity contribution in [2.24, 2.45) is 4.99 Å². The zero-order chi connectivity index (χ0) is 22.2. The first-order chi connectivity index (χ1) is 14.7. The van der Waals surface area contributed by atoms with E-state index in [1.54, 1.807) is 0 Å². The Morgan fingerprint density at radius 2 is 1.84 bits per heavy atom. The van der Waals surface area contributed by atoms with Gasteiger partial charge in [0, 0.05) is 17.3 Å². The number of nitrogens with one attached hydrogen (secondary N) is 1. The number of benzene rings is 2. The van der Waals surface area contributed by atoms with Crippen molar-refractivity contribution in [1.82, 2.24) is 4.90 Å². The molecule has 4 rings (SSSR count). The number of amidine groups is 1. The summed E-state index contributed by atoms with van der Waals surface area (Å²) in [4.78, 5) is 19.3. The second-order valence-electron chi connectivity index (χ2n) is 7.98. The molecule has 2 aromatic rings. The van der Waals surface area contributed by atoms with Crippen molar-refractivity contribution in [3.63, 3.8) is 0 Å². The molecule has 2 aliphatic heterocycles. The van der Waals surface area contributed by atoms with Gasteiger partial charge in [-0.3, -0.25) is 9.79 Å². The fraction of sp³-hybridized carbons (Fsp3) is 0.364. The van der Waals surface area contributed by atoms with Crippen molar-refractivity contribution in [2.75, 3.05) is 22.6 Å². The molecule has 0 aliphatic carbocycles. The molecule has 2 aromatic carbocycles. The topological polar surface area (TPSA) is 78.8 Å². The summed E-state index contributed by atoms with van der Waals surface area (Å²) >= 11 is 7.35. The van der Waals surface area contributed by atoms with Crippen LogP contribution in [0.1, 0.15) is 16.7 Å². The van der Waals surface area contributed by atoms with Crippen LogP contribution < -0.4 is 5.32 Å². The van der Waals surface area contributed by atoms with Gasteiger partial charge in [-0.25, -0.2) is 8.42 Å². The molecule has 2 aliphatic rings. The van der Waals surface area contributed by atoms with Crippen LogP contribution in [0.15, 0.2) is 47.5 Å². The third-order valence-electron chi connectivity index (χ3n) is 5.56. The summed E-state index contributed by atoms with van der Waals surface area (Å²) in [5.41, 5.74) is 3.88. The van der Waals surface area contributed by atoms with E-state index in [1.807, 2.05) is 61.2 Å². The normalized spacial score (nSPS) is 21.6. The maximum Gasteiger partial charge on any atom is 0.234 e. The number of sulfone groups is 1. The highest BCUT2D eigenvalue weighted by atomic mass is 35.5. The lowest BCUT2D eigenvalue weighted by Crippen LogP contribution is -2.38. The predicted molar refractivity (Wildman–Crippen MR) is 128 cm³/mol. The molecule has 31 heavy (non-hydrogen) atoms. The van der Waals surface area contributed by atoms with Gasteiger partial charge in [0.1, 0.15) is 0 Å². The fourth-order valence-electron chi connectivity index (χ4n) is 4.00. The van der Waals surface area contributed by atoms with Crippen LogP contribution >= 0.6 is 23.4 Å². The van der Waals surface area contributed by atoms with Crippen LogP contribution in [0.2, 0.25) is 5.02 Å². The van der Waals surface area contributed by atoms with Gasteiger partial charge in [-0.15, -0.1) is 0 Å². The molecule has 0 saturated carbocycles. The summed E-state index contributed by atoms with van der Waals surface area (Å²) < 4.78 is 24.3. The summed E-state index contributed by atoms with van der Waals surface area (Å²) in [6.45, 7) is 4.46. The van der Waals surface area contributed by atoms with E-state index in [9.17, 15) is 13.2 Å². The van der Waals surface area contributed by atoms with Crippen LogP contribution in [-0.2, 0) is 21.2 Å². The maximum absolute atomic E-state index is 12.6. The minimum absolute atomic E-state index is 0.0629. The minimum atomic E-state index is -3.10. The highest BCUT2D eigenvalue weighted by Crippen LogP contribution is 2.32. The average Bonchev–Trinajstić information content (AvgIpc) is 3.17. The number of nitrogens with zero attached hydrogens (tertiary/aromatic N) is 2. The molecule has 0 bridgehead atoms. The van der Waals surface area contributed by atoms with Gasteiger partial charge in [-0.2, -0.15) is 0 Å². The van der Waals surface area contributed by atoms with Crippen LogP contribution in [0, 0.1) is 13.8 Å². The molecule has 2 heterocycles. The molecule has 6 nitrogen and oxygen atoms in total. The number of thioether (sulfide) groups is 1. The van der Waals surface area contributed by atoms with Gasteiger partial charge >= 0.3 is 0 Å². The monoisotopic (exact) mass is 477 g/mol. The van der Waals surface area contributed by atoms with E-state index >= 15 is 0 Å². The number of anilines is 1. The van der Waals surface area contributed by atoms with Gasteiger partial charge in [0.05, 0.1) is 29.3 Å². The number of carbonyl (C=O) groups excluding carboxylic acids is 1. The van der Waals surface area contributed by atoms with Crippen LogP contribution in [0.4, 0.5) is 5.69 Å². The lowest BCUT2D eigenvalue weighted by molar-refractivity contribution is -0.113. The van der Waals surface area contributed by atoms with Gasteiger partial charge in [-0.1, -0.05) is 53.7 Å². The highest BCUT2D eigenvalue weighted by molar-refractivity contribution is 8.14. The number of hydrogen-bond donors (Lipinski definition) is 1. The lowest BCUT2D eigenvalue weighted by Gasteiger charge is -2.26. The van der Waals surface area contributed by atoms with Crippen molar-refractivity contribution in [3.05, 3.63) is 64.2 Å². The molecule has 0 spiro atoms. The summed E-state index contributed by atoms with van der Waals surface area (Å²) in [6.07, 6.45) is 0. The molecule has 9 heteroatoms. The SMILES string of the molecule is Cc1cccc(C)c1NC(=O)CSC1=N[C@@H]2CS(=O)(=O)C[C@H]2N1Cc1ccc(Cl)cc1. The number of rotatable bonds is 5. The van der Waals surface area contributed by atoms with Crippen molar-refractivity contribution < 1.29 is 13.2 Å². The molecule has 1 saturated heterocycles. The van der Waals surface area contributed by atoms with Gasteiger partial charge < -0.3 is 10.2 Å². The molecule has 1 amide bonds. The van der Waals surface area contributed by atoms with E-state index in [0.717, 1.165) is 27.5 Å². The molecule has 1 fully saturated rings. The second kappa shape index (κ2) is 8.84. The smallest absolute Gasteiger partial charge is 0.234 e. The number of aliphatic imine (C=N–C) groups is 1. The van der Waals surface area contributed by atoms with E-state index < -0.39 is 9.84 Å².